The van der Waals surface area contributed by atoms with Gasteiger partial charge in [-0.3, -0.25) is 0 Å². The van der Waals surface area contributed by atoms with Crippen LogP contribution in [-0.4, -0.2) is 34.9 Å². The average molecular weight is 449 g/mol. The van der Waals surface area contributed by atoms with Crippen LogP contribution >= 0.6 is 11.6 Å². The molecule has 4 aromatic rings. The molecule has 0 radical (unpaired) electrons. The van der Waals surface area contributed by atoms with Crippen molar-refractivity contribution in [3.8, 4) is 5.69 Å². The molecular formula is C20H16ClF3N6O. The highest BCUT2D eigenvalue weighted by Gasteiger charge is 2.41. The zero-order valence-electron chi connectivity index (χ0n) is 16.1. The third-order valence-electron chi connectivity index (χ3n) is 5.09. The fourth-order valence-corrected chi connectivity index (χ4v) is 3.51. The molecule has 31 heavy (non-hydrogen) atoms. The number of benzene rings is 2. The van der Waals surface area contributed by atoms with E-state index in [1.807, 2.05) is 0 Å². The highest BCUT2D eigenvalue weighted by Crippen LogP contribution is 2.39. The highest BCUT2D eigenvalue weighted by atomic mass is 35.5. The van der Waals surface area contributed by atoms with E-state index in [2.05, 4.69) is 20.4 Å². The summed E-state index contributed by atoms with van der Waals surface area (Å²) in [5.74, 6) is -3.03. The van der Waals surface area contributed by atoms with Gasteiger partial charge in [-0.1, -0.05) is 23.7 Å². The number of halogens is 4. The second-order valence-corrected chi connectivity index (χ2v) is 7.48. The molecule has 4 rings (SSSR count). The second kappa shape index (κ2) is 8.12. The maximum atomic E-state index is 14.7. The van der Waals surface area contributed by atoms with Crippen molar-refractivity contribution in [2.75, 3.05) is 0 Å². The molecule has 11 heteroatoms. The lowest BCUT2D eigenvalue weighted by atomic mass is 9.80. The molecule has 7 nitrogen and oxygen atoms in total. The summed E-state index contributed by atoms with van der Waals surface area (Å²) >= 11 is 5.79. The summed E-state index contributed by atoms with van der Waals surface area (Å²) in [6.45, 7) is 1.34. The second-order valence-electron chi connectivity index (χ2n) is 7.05. The van der Waals surface area contributed by atoms with Crippen LogP contribution in [0.2, 0.25) is 5.02 Å². The third-order valence-corrected chi connectivity index (χ3v) is 5.33. The summed E-state index contributed by atoms with van der Waals surface area (Å²) < 4.78 is 45.3. The first-order valence-corrected chi connectivity index (χ1v) is 9.53. The van der Waals surface area contributed by atoms with Gasteiger partial charge in [-0.15, -0.1) is 5.10 Å². The van der Waals surface area contributed by atoms with Gasteiger partial charge in [0.05, 0.1) is 18.4 Å². The Balaban J connectivity index is 1.77. The van der Waals surface area contributed by atoms with E-state index in [0.29, 0.717) is 0 Å². The van der Waals surface area contributed by atoms with Crippen LogP contribution in [0.1, 0.15) is 24.1 Å². The zero-order valence-corrected chi connectivity index (χ0v) is 16.9. The topological polar surface area (TPSA) is 81.6 Å². The van der Waals surface area contributed by atoms with Gasteiger partial charge in [0.15, 0.2) is 0 Å². The van der Waals surface area contributed by atoms with Gasteiger partial charge in [0.1, 0.15) is 41.4 Å². The van der Waals surface area contributed by atoms with Crippen LogP contribution < -0.4 is 0 Å². The van der Waals surface area contributed by atoms with Gasteiger partial charge in [-0.05, 0) is 36.4 Å². The highest BCUT2D eigenvalue weighted by molar-refractivity contribution is 6.30. The molecule has 2 aromatic carbocycles. The van der Waals surface area contributed by atoms with E-state index in [-0.39, 0.29) is 28.5 Å². The molecule has 2 heterocycles. The Bertz CT molecular complexity index is 1220. The molecular weight excluding hydrogens is 433 g/mol. The minimum Gasteiger partial charge on any atom is -0.382 e. The molecule has 0 amide bonds. The maximum absolute atomic E-state index is 14.7. The van der Waals surface area contributed by atoms with Crippen molar-refractivity contribution in [2.24, 2.45) is 0 Å². The van der Waals surface area contributed by atoms with Crippen molar-refractivity contribution in [1.29, 1.82) is 0 Å². The maximum Gasteiger partial charge on any atom is 0.150 e. The molecule has 0 aliphatic carbocycles. The summed E-state index contributed by atoms with van der Waals surface area (Å²) in [6.07, 6.45) is 4.00. The first-order valence-electron chi connectivity index (χ1n) is 9.16. The van der Waals surface area contributed by atoms with E-state index in [1.165, 1.54) is 40.3 Å². The van der Waals surface area contributed by atoms with Gasteiger partial charge in [0.25, 0.3) is 0 Å². The van der Waals surface area contributed by atoms with Crippen molar-refractivity contribution in [3.05, 3.63) is 89.0 Å². The number of aromatic nitrogens is 6. The SMILES string of the molecule is CC(c1cn(-c2ccc(Cl)cc2F)nn1)C(O)(Cn1cncn1)c1cc(F)ccc1F. The smallest absolute Gasteiger partial charge is 0.150 e. The van der Waals surface area contributed by atoms with Gasteiger partial charge in [0, 0.05) is 16.5 Å². The molecule has 2 unspecified atom stereocenters. The van der Waals surface area contributed by atoms with Gasteiger partial charge in [-0.2, -0.15) is 5.10 Å². The Labute approximate surface area is 179 Å². The summed E-state index contributed by atoms with van der Waals surface area (Å²) in [7, 11) is 0. The Morgan fingerprint density at radius 3 is 2.65 bits per heavy atom. The number of hydrogen-bond acceptors (Lipinski definition) is 5. The summed E-state index contributed by atoms with van der Waals surface area (Å²) in [5, 5.41) is 23.7. The predicted molar refractivity (Wildman–Crippen MR) is 105 cm³/mol. The minimum absolute atomic E-state index is 0.0899. The molecule has 0 aliphatic rings. The van der Waals surface area contributed by atoms with Gasteiger partial charge in [-0.25, -0.2) is 27.5 Å². The van der Waals surface area contributed by atoms with Crippen LogP contribution in [0.5, 0.6) is 0 Å². The number of hydrogen-bond donors (Lipinski definition) is 1. The lowest BCUT2D eigenvalue weighted by Gasteiger charge is -2.33. The van der Waals surface area contributed by atoms with Crippen molar-refractivity contribution in [3.63, 3.8) is 0 Å². The summed E-state index contributed by atoms with van der Waals surface area (Å²) in [6, 6.07) is 6.86. The molecule has 0 saturated heterocycles. The number of nitrogens with zero attached hydrogens (tertiary/aromatic N) is 6. The van der Waals surface area contributed by atoms with E-state index in [4.69, 9.17) is 11.6 Å². The number of rotatable bonds is 6. The monoisotopic (exact) mass is 448 g/mol. The van der Waals surface area contributed by atoms with Gasteiger partial charge < -0.3 is 5.11 Å². The number of aliphatic hydroxyl groups is 1. The van der Waals surface area contributed by atoms with E-state index in [0.717, 1.165) is 24.3 Å². The minimum atomic E-state index is -1.97. The Morgan fingerprint density at radius 1 is 1.13 bits per heavy atom. The van der Waals surface area contributed by atoms with Gasteiger partial charge >= 0.3 is 0 Å². The standard InChI is InChI=1S/C20H16ClF3N6O/c1-12(18-8-30(28-27-18)19-5-2-13(21)6-17(19)24)20(31,9-29-11-25-10-26-29)15-7-14(22)3-4-16(15)23/h2-8,10-12,31H,9H2,1H3. The molecule has 0 spiro atoms. The molecule has 0 fully saturated rings. The first-order chi connectivity index (χ1) is 14.8. The predicted octanol–water partition coefficient (Wildman–Crippen LogP) is 3.62. The fraction of sp³-hybridized carbons (Fsp3) is 0.200. The zero-order chi connectivity index (χ0) is 22.2. The van der Waals surface area contributed by atoms with E-state index in [1.54, 1.807) is 6.92 Å². The summed E-state index contributed by atoms with van der Waals surface area (Å²) in [5.41, 5.74) is -1.94. The van der Waals surface area contributed by atoms with Crippen molar-refractivity contribution in [2.45, 2.75) is 25.0 Å². The molecule has 2 atom stereocenters. The van der Waals surface area contributed by atoms with Crippen LogP contribution in [0.25, 0.3) is 5.69 Å². The fourth-order valence-electron chi connectivity index (χ4n) is 3.35. The van der Waals surface area contributed by atoms with Crippen molar-refractivity contribution < 1.29 is 18.3 Å². The van der Waals surface area contributed by atoms with Crippen molar-refractivity contribution in [1.82, 2.24) is 29.8 Å². The molecule has 0 saturated carbocycles. The van der Waals surface area contributed by atoms with E-state index >= 15 is 0 Å². The van der Waals surface area contributed by atoms with Crippen LogP contribution in [0.15, 0.2) is 55.2 Å². The van der Waals surface area contributed by atoms with Crippen molar-refractivity contribution >= 4 is 11.6 Å². The molecule has 0 bridgehead atoms. The van der Waals surface area contributed by atoms with E-state index in [9.17, 15) is 18.3 Å². The largest absolute Gasteiger partial charge is 0.382 e. The molecule has 160 valence electrons. The van der Waals surface area contributed by atoms with Crippen LogP contribution in [-0.2, 0) is 12.1 Å². The Kier molecular flexibility index (Phi) is 5.50. The normalized spacial score (nSPS) is 14.4. The molecule has 0 aliphatic heterocycles. The molecule has 1 N–H and O–H groups in total. The molecule has 2 aromatic heterocycles. The Morgan fingerprint density at radius 2 is 1.94 bits per heavy atom. The average Bonchev–Trinajstić information content (AvgIpc) is 3.41. The summed E-state index contributed by atoms with van der Waals surface area (Å²) in [4.78, 5) is 3.82. The van der Waals surface area contributed by atoms with Crippen LogP contribution in [0.4, 0.5) is 13.2 Å². The van der Waals surface area contributed by atoms with E-state index < -0.39 is 29.0 Å². The lowest BCUT2D eigenvalue weighted by molar-refractivity contribution is -0.0125. The third kappa shape index (κ3) is 4.04. The first kappa shape index (κ1) is 21.0. The van der Waals surface area contributed by atoms with Crippen LogP contribution in [0.3, 0.4) is 0 Å². The van der Waals surface area contributed by atoms with Gasteiger partial charge in [0.2, 0.25) is 0 Å². The Hall–Kier alpha value is -3.24. The lowest BCUT2D eigenvalue weighted by Crippen LogP contribution is -2.38. The van der Waals surface area contributed by atoms with Crippen LogP contribution in [0, 0.1) is 17.5 Å². The quantitative estimate of drug-likeness (QED) is 0.487.